The number of aromatic nitrogens is 2. The average molecular weight is 396 g/mol. The van der Waals surface area contributed by atoms with Crippen LogP contribution in [0.2, 0.25) is 5.02 Å². The molecule has 4 rings (SSSR count). The lowest BCUT2D eigenvalue weighted by Gasteiger charge is -2.28. The van der Waals surface area contributed by atoms with E-state index in [-0.39, 0.29) is 0 Å². The van der Waals surface area contributed by atoms with E-state index in [2.05, 4.69) is 32.7 Å². The zero-order valence-corrected chi connectivity index (χ0v) is 16.8. The van der Waals surface area contributed by atoms with E-state index in [1.807, 2.05) is 36.5 Å². The maximum atomic E-state index is 6.06. The van der Waals surface area contributed by atoms with E-state index in [1.54, 1.807) is 0 Å². The smallest absolute Gasteiger partial charge is 0.130 e. The fourth-order valence-electron chi connectivity index (χ4n) is 3.62. The Morgan fingerprint density at radius 1 is 0.964 bits per heavy atom. The number of hydrogen-bond acceptors (Lipinski definition) is 5. The number of nitrogens with one attached hydrogen (secondary N) is 2. The van der Waals surface area contributed by atoms with Crippen molar-refractivity contribution in [1.82, 2.24) is 9.97 Å². The molecule has 1 saturated heterocycles. The molecule has 1 fully saturated rings. The topological polar surface area (TPSA) is 53.1 Å². The molecule has 0 unspecified atom stereocenters. The van der Waals surface area contributed by atoms with Gasteiger partial charge in [-0.25, -0.2) is 4.98 Å². The van der Waals surface area contributed by atoms with Crippen LogP contribution in [0.25, 0.3) is 10.9 Å². The van der Waals surface area contributed by atoms with Crippen molar-refractivity contribution >= 4 is 39.8 Å². The molecule has 0 radical (unpaired) electrons. The monoisotopic (exact) mass is 395 g/mol. The minimum Gasteiger partial charge on any atom is -0.384 e. The summed E-state index contributed by atoms with van der Waals surface area (Å²) in [5.41, 5.74) is 2.00. The minimum absolute atomic E-state index is 0.709. The summed E-state index contributed by atoms with van der Waals surface area (Å²) in [6, 6.07) is 14.1. The van der Waals surface area contributed by atoms with Crippen LogP contribution in [0, 0.1) is 0 Å². The Bertz CT molecular complexity index is 924. The predicted octanol–water partition coefficient (Wildman–Crippen LogP) is 5.19. The molecule has 2 N–H and O–H groups in total. The van der Waals surface area contributed by atoms with Gasteiger partial charge in [0.1, 0.15) is 11.6 Å². The van der Waals surface area contributed by atoms with Gasteiger partial charge < -0.3 is 15.5 Å². The van der Waals surface area contributed by atoms with E-state index < -0.39 is 0 Å². The summed E-state index contributed by atoms with van der Waals surface area (Å²) in [5, 5.41) is 8.75. The van der Waals surface area contributed by atoms with Crippen molar-refractivity contribution in [2.45, 2.75) is 25.7 Å². The molecule has 1 aromatic carbocycles. The molecule has 5 nitrogen and oxygen atoms in total. The first kappa shape index (κ1) is 18.8. The van der Waals surface area contributed by atoms with Crippen LogP contribution in [0.15, 0.2) is 48.7 Å². The fourth-order valence-corrected chi connectivity index (χ4v) is 3.79. The van der Waals surface area contributed by atoms with E-state index in [1.165, 1.54) is 19.3 Å². The molecule has 1 aliphatic heterocycles. The second kappa shape index (κ2) is 9.11. The molecule has 0 saturated carbocycles. The van der Waals surface area contributed by atoms with E-state index in [4.69, 9.17) is 16.6 Å². The zero-order chi connectivity index (χ0) is 19.2. The van der Waals surface area contributed by atoms with E-state index in [0.717, 1.165) is 60.8 Å². The summed E-state index contributed by atoms with van der Waals surface area (Å²) >= 11 is 6.06. The molecule has 0 spiro atoms. The van der Waals surface area contributed by atoms with Gasteiger partial charge in [0.15, 0.2) is 0 Å². The van der Waals surface area contributed by atoms with Gasteiger partial charge in [-0.3, -0.25) is 4.98 Å². The Labute approximate surface area is 171 Å². The molecule has 1 aliphatic rings. The summed E-state index contributed by atoms with van der Waals surface area (Å²) in [7, 11) is 0. The van der Waals surface area contributed by atoms with Crippen LogP contribution >= 0.6 is 11.6 Å². The molecule has 3 heterocycles. The lowest BCUT2D eigenvalue weighted by molar-refractivity contribution is 0.573. The molecule has 0 amide bonds. The maximum Gasteiger partial charge on any atom is 0.130 e. The second-order valence-corrected chi connectivity index (χ2v) is 7.59. The highest BCUT2D eigenvalue weighted by Gasteiger charge is 2.12. The van der Waals surface area contributed by atoms with Crippen LogP contribution in [-0.2, 0) is 0 Å². The number of piperidine rings is 1. The molecular weight excluding hydrogens is 370 g/mol. The van der Waals surface area contributed by atoms with Gasteiger partial charge in [0.25, 0.3) is 0 Å². The molecule has 6 heteroatoms. The number of benzene rings is 1. The lowest BCUT2D eigenvalue weighted by atomic mass is 10.1. The first-order valence-electron chi connectivity index (χ1n) is 10.0. The third-order valence-corrected chi connectivity index (χ3v) is 5.33. The maximum absolute atomic E-state index is 6.06. The number of rotatable bonds is 7. The normalized spacial score (nSPS) is 14.2. The molecule has 146 valence electrons. The number of fused-ring (bicyclic) bond motifs is 1. The first-order chi connectivity index (χ1) is 13.8. The number of nitrogens with zero attached hydrogens (tertiary/aromatic N) is 3. The lowest BCUT2D eigenvalue weighted by Crippen LogP contribution is -2.30. The van der Waals surface area contributed by atoms with Crippen LogP contribution in [0.5, 0.6) is 0 Å². The highest BCUT2D eigenvalue weighted by atomic mass is 35.5. The van der Waals surface area contributed by atoms with Gasteiger partial charge in [0, 0.05) is 48.5 Å². The Morgan fingerprint density at radius 2 is 1.82 bits per heavy atom. The second-order valence-electron chi connectivity index (χ2n) is 7.16. The quantitative estimate of drug-likeness (QED) is 0.539. The number of anilines is 3. The van der Waals surface area contributed by atoms with E-state index >= 15 is 0 Å². The van der Waals surface area contributed by atoms with Crippen LogP contribution in [-0.4, -0.2) is 36.1 Å². The van der Waals surface area contributed by atoms with E-state index in [9.17, 15) is 0 Å². The average Bonchev–Trinajstić information content (AvgIpc) is 2.74. The molecule has 0 bridgehead atoms. The van der Waals surface area contributed by atoms with E-state index in [0.29, 0.717) is 5.02 Å². The fraction of sp³-hybridized carbons (Fsp3) is 0.364. The number of hydrogen-bond donors (Lipinski definition) is 2. The minimum atomic E-state index is 0.709. The molecular formula is C22H26ClN5. The summed E-state index contributed by atoms with van der Waals surface area (Å²) in [6.45, 7) is 3.98. The Morgan fingerprint density at radius 3 is 2.71 bits per heavy atom. The number of pyridine rings is 2. The van der Waals surface area contributed by atoms with Crippen molar-refractivity contribution in [3.63, 3.8) is 0 Å². The van der Waals surface area contributed by atoms with Gasteiger partial charge in [0.2, 0.25) is 0 Å². The van der Waals surface area contributed by atoms with Gasteiger partial charge >= 0.3 is 0 Å². The highest BCUT2D eigenvalue weighted by Crippen LogP contribution is 2.24. The van der Waals surface area contributed by atoms with Crippen molar-refractivity contribution in [2.24, 2.45) is 0 Å². The number of halogens is 1. The molecule has 28 heavy (non-hydrogen) atoms. The van der Waals surface area contributed by atoms with Gasteiger partial charge in [-0.05, 0) is 62.1 Å². The first-order valence-corrected chi connectivity index (χ1v) is 10.4. The van der Waals surface area contributed by atoms with Gasteiger partial charge in [-0.1, -0.05) is 17.7 Å². The standard InChI is InChI=1S/C22H26ClN5/c23-17-8-9-18-19(10-13-25-20(18)16-17)24-11-5-12-26-21-6-4-7-22(27-21)28-14-2-1-3-15-28/h4,6-10,13,16H,1-3,5,11-12,14-15H2,(H,24,25)(H,26,27). The molecule has 2 aromatic heterocycles. The molecule has 3 aromatic rings. The Kier molecular flexibility index (Phi) is 6.12. The van der Waals surface area contributed by atoms with Crippen LogP contribution in [0.3, 0.4) is 0 Å². The molecule has 0 aliphatic carbocycles. The largest absolute Gasteiger partial charge is 0.384 e. The summed E-state index contributed by atoms with van der Waals surface area (Å²) in [6.07, 6.45) is 6.67. The summed E-state index contributed by atoms with van der Waals surface area (Å²) in [5.74, 6) is 2.04. The van der Waals surface area contributed by atoms with Crippen molar-refractivity contribution in [3.8, 4) is 0 Å². The molecule has 0 atom stereocenters. The van der Waals surface area contributed by atoms with Crippen molar-refractivity contribution in [2.75, 3.05) is 41.7 Å². The zero-order valence-electron chi connectivity index (χ0n) is 16.0. The SMILES string of the molecule is Clc1ccc2c(NCCCNc3cccc(N4CCCCC4)n3)ccnc2c1. The summed E-state index contributed by atoms with van der Waals surface area (Å²) in [4.78, 5) is 11.5. The Balaban J connectivity index is 1.27. The third kappa shape index (κ3) is 4.65. The van der Waals surface area contributed by atoms with Crippen molar-refractivity contribution < 1.29 is 0 Å². The predicted molar refractivity (Wildman–Crippen MR) is 119 cm³/mol. The van der Waals surface area contributed by atoms with Crippen LogP contribution in [0.1, 0.15) is 25.7 Å². The summed E-state index contributed by atoms with van der Waals surface area (Å²) < 4.78 is 0. The van der Waals surface area contributed by atoms with Gasteiger partial charge in [-0.15, -0.1) is 0 Å². The third-order valence-electron chi connectivity index (χ3n) is 5.09. The Hall–Kier alpha value is -2.53. The van der Waals surface area contributed by atoms with Crippen LogP contribution < -0.4 is 15.5 Å². The van der Waals surface area contributed by atoms with Gasteiger partial charge in [-0.2, -0.15) is 0 Å². The van der Waals surface area contributed by atoms with Gasteiger partial charge in [0.05, 0.1) is 5.52 Å². The van der Waals surface area contributed by atoms with Crippen molar-refractivity contribution in [3.05, 3.63) is 53.7 Å². The highest BCUT2D eigenvalue weighted by molar-refractivity contribution is 6.31. The van der Waals surface area contributed by atoms with Crippen molar-refractivity contribution in [1.29, 1.82) is 0 Å². The van der Waals surface area contributed by atoms with Crippen LogP contribution in [0.4, 0.5) is 17.3 Å².